The molecule has 26 heavy (non-hydrogen) atoms. The highest BCUT2D eigenvalue weighted by atomic mass is 16.2. The molecule has 4 atom stereocenters. The molecular formula is C22H38N2O2. The summed E-state index contributed by atoms with van der Waals surface area (Å²) in [6.45, 7) is 4.45. The Kier molecular flexibility index (Phi) is 6.99. The van der Waals surface area contributed by atoms with Gasteiger partial charge in [0, 0.05) is 23.9 Å². The van der Waals surface area contributed by atoms with Crippen LogP contribution in [0, 0.1) is 23.7 Å². The molecule has 2 amide bonds. The molecule has 4 nitrogen and oxygen atoms in total. The van der Waals surface area contributed by atoms with E-state index in [0.717, 1.165) is 38.5 Å². The Labute approximate surface area is 159 Å². The summed E-state index contributed by atoms with van der Waals surface area (Å²) in [5.41, 5.74) is 0. The summed E-state index contributed by atoms with van der Waals surface area (Å²) in [4.78, 5) is 25.2. The zero-order valence-electron chi connectivity index (χ0n) is 16.8. The van der Waals surface area contributed by atoms with Crippen molar-refractivity contribution in [3.63, 3.8) is 0 Å². The van der Waals surface area contributed by atoms with Crippen molar-refractivity contribution in [3.8, 4) is 0 Å². The van der Waals surface area contributed by atoms with E-state index in [1.165, 1.54) is 38.5 Å². The quantitative estimate of drug-likeness (QED) is 0.788. The molecule has 3 rings (SSSR count). The minimum Gasteiger partial charge on any atom is -0.353 e. The van der Waals surface area contributed by atoms with E-state index < -0.39 is 0 Å². The molecule has 2 N–H and O–H groups in total. The number of amides is 2. The Morgan fingerprint density at radius 2 is 0.923 bits per heavy atom. The Morgan fingerprint density at radius 3 is 1.27 bits per heavy atom. The fraction of sp³-hybridized carbons (Fsp3) is 0.909. The van der Waals surface area contributed by atoms with Crippen molar-refractivity contribution in [3.05, 3.63) is 0 Å². The Hall–Kier alpha value is -1.06. The molecule has 0 aromatic rings. The van der Waals surface area contributed by atoms with E-state index in [9.17, 15) is 9.59 Å². The maximum absolute atomic E-state index is 12.6. The Balaban J connectivity index is 1.40. The first-order valence-electron chi connectivity index (χ1n) is 11.2. The van der Waals surface area contributed by atoms with Crippen molar-refractivity contribution in [1.29, 1.82) is 0 Å². The Morgan fingerprint density at radius 1 is 0.577 bits per heavy atom. The molecule has 0 radical (unpaired) electrons. The summed E-state index contributed by atoms with van der Waals surface area (Å²) >= 11 is 0. The average molecular weight is 363 g/mol. The van der Waals surface area contributed by atoms with Crippen molar-refractivity contribution in [2.45, 2.75) is 103 Å². The molecule has 0 aromatic heterocycles. The minimum atomic E-state index is 0.217. The number of carbonyl (C=O) groups excluding carboxylic acids is 2. The van der Waals surface area contributed by atoms with Crippen LogP contribution < -0.4 is 10.6 Å². The summed E-state index contributed by atoms with van der Waals surface area (Å²) in [6.07, 6.45) is 13.4. The first-order valence-corrected chi connectivity index (χ1v) is 11.2. The third kappa shape index (κ3) is 5.01. The van der Waals surface area contributed by atoms with Crippen LogP contribution in [-0.4, -0.2) is 23.9 Å². The molecule has 0 bridgehead atoms. The minimum absolute atomic E-state index is 0.217. The topological polar surface area (TPSA) is 58.2 Å². The van der Waals surface area contributed by atoms with Crippen LogP contribution in [0.4, 0.5) is 0 Å². The van der Waals surface area contributed by atoms with Crippen LogP contribution in [0.1, 0.15) is 90.9 Å². The molecule has 4 heteroatoms. The van der Waals surface area contributed by atoms with Gasteiger partial charge in [-0.15, -0.1) is 0 Å². The fourth-order valence-electron chi connectivity index (χ4n) is 5.41. The third-order valence-electron chi connectivity index (χ3n) is 7.32. The smallest absolute Gasteiger partial charge is 0.223 e. The van der Waals surface area contributed by atoms with Gasteiger partial charge in [0.25, 0.3) is 0 Å². The molecule has 3 fully saturated rings. The summed E-state index contributed by atoms with van der Waals surface area (Å²) in [5, 5.41) is 6.62. The highest BCUT2D eigenvalue weighted by Gasteiger charge is 2.32. The molecule has 3 aliphatic rings. The van der Waals surface area contributed by atoms with Crippen LogP contribution in [0.25, 0.3) is 0 Å². The molecule has 3 aliphatic carbocycles. The van der Waals surface area contributed by atoms with Crippen molar-refractivity contribution in [1.82, 2.24) is 10.6 Å². The molecule has 0 heterocycles. The van der Waals surface area contributed by atoms with Gasteiger partial charge in [-0.25, -0.2) is 0 Å². The van der Waals surface area contributed by atoms with Gasteiger partial charge in [0.1, 0.15) is 0 Å². The summed E-state index contributed by atoms with van der Waals surface area (Å²) in [6, 6.07) is 0.608. The highest BCUT2D eigenvalue weighted by molar-refractivity contribution is 5.80. The van der Waals surface area contributed by atoms with E-state index in [1.54, 1.807) is 0 Å². The summed E-state index contributed by atoms with van der Waals surface area (Å²) in [5.74, 6) is 2.04. The van der Waals surface area contributed by atoms with E-state index in [2.05, 4.69) is 24.5 Å². The van der Waals surface area contributed by atoms with Gasteiger partial charge in [-0.05, 0) is 63.2 Å². The van der Waals surface area contributed by atoms with Crippen LogP contribution in [0.15, 0.2) is 0 Å². The molecule has 0 saturated heterocycles. The van der Waals surface area contributed by atoms with Gasteiger partial charge in [-0.1, -0.05) is 39.5 Å². The van der Waals surface area contributed by atoms with Crippen molar-refractivity contribution in [2.24, 2.45) is 23.7 Å². The number of hydrogen-bond acceptors (Lipinski definition) is 2. The summed E-state index contributed by atoms with van der Waals surface area (Å²) < 4.78 is 0. The van der Waals surface area contributed by atoms with Gasteiger partial charge in [-0.3, -0.25) is 9.59 Å². The second-order valence-electron chi connectivity index (χ2n) is 9.30. The second kappa shape index (κ2) is 9.23. The van der Waals surface area contributed by atoms with Crippen LogP contribution in [-0.2, 0) is 9.59 Å². The maximum Gasteiger partial charge on any atom is 0.223 e. The standard InChI is InChI=1S/C22H38N2O2/c1-15-7-3-5-9-19(15)21(25)23-17-11-13-18(14-12-17)24-22(26)20-10-6-4-8-16(20)2/h15-20H,3-14H2,1-2H3,(H,23,25)(H,24,26). The zero-order valence-corrected chi connectivity index (χ0v) is 16.8. The molecule has 3 saturated carbocycles. The molecule has 0 spiro atoms. The lowest BCUT2D eigenvalue weighted by Gasteiger charge is -2.34. The van der Waals surface area contributed by atoms with Crippen LogP contribution in [0.2, 0.25) is 0 Å². The molecule has 0 aromatic carbocycles. The molecule has 0 aliphatic heterocycles. The lowest BCUT2D eigenvalue weighted by Crippen LogP contribution is -2.48. The first kappa shape index (κ1) is 19.7. The molecule has 148 valence electrons. The van der Waals surface area contributed by atoms with E-state index >= 15 is 0 Å². The van der Waals surface area contributed by atoms with E-state index in [-0.39, 0.29) is 23.7 Å². The maximum atomic E-state index is 12.6. The van der Waals surface area contributed by atoms with Crippen molar-refractivity contribution >= 4 is 11.8 Å². The number of nitrogens with one attached hydrogen (secondary N) is 2. The van der Waals surface area contributed by atoms with E-state index in [1.807, 2.05) is 0 Å². The van der Waals surface area contributed by atoms with Gasteiger partial charge in [0.2, 0.25) is 11.8 Å². The fourth-order valence-corrected chi connectivity index (χ4v) is 5.41. The zero-order chi connectivity index (χ0) is 18.5. The van der Waals surface area contributed by atoms with E-state index in [0.29, 0.717) is 23.9 Å². The van der Waals surface area contributed by atoms with Crippen molar-refractivity contribution in [2.75, 3.05) is 0 Å². The van der Waals surface area contributed by atoms with Gasteiger partial charge in [0.05, 0.1) is 0 Å². The van der Waals surface area contributed by atoms with Gasteiger partial charge >= 0.3 is 0 Å². The predicted octanol–water partition coefficient (Wildman–Crippen LogP) is 4.18. The van der Waals surface area contributed by atoms with Crippen LogP contribution in [0.5, 0.6) is 0 Å². The number of rotatable bonds is 4. The van der Waals surface area contributed by atoms with E-state index in [4.69, 9.17) is 0 Å². The molecular weight excluding hydrogens is 324 g/mol. The highest BCUT2D eigenvalue weighted by Crippen LogP contribution is 2.31. The van der Waals surface area contributed by atoms with Crippen LogP contribution >= 0.6 is 0 Å². The first-order chi connectivity index (χ1) is 12.5. The number of hydrogen-bond donors (Lipinski definition) is 2. The lowest BCUT2D eigenvalue weighted by atomic mass is 9.79. The monoisotopic (exact) mass is 362 g/mol. The van der Waals surface area contributed by atoms with Gasteiger partial charge in [0.15, 0.2) is 0 Å². The summed E-state index contributed by atoms with van der Waals surface area (Å²) in [7, 11) is 0. The van der Waals surface area contributed by atoms with Crippen molar-refractivity contribution < 1.29 is 9.59 Å². The number of carbonyl (C=O) groups is 2. The largest absolute Gasteiger partial charge is 0.353 e. The van der Waals surface area contributed by atoms with Gasteiger partial charge in [-0.2, -0.15) is 0 Å². The average Bonchev–Trinajstić information content (AvgIpc) is 2.64. The Bertz CT molecular complexity index is 441. The normalized spacial score (nSPS) is 38.4. The third-order valence-corrected chi connectivity index (χ3v) is 7.32. The lowest BCUT2D eigenvalue weighted by molar-refractivity contribution is -0.130. The SMILES string of the molecule is CC1CCCCC1C(=O)NC1CCC(NC(=O)C2CCCCC2C)CC1. The predicted molar refractivity (Wildman–Crippen MR) is 105 cm³/mol. The van der Waals surface area contributed by atoms with Crippen LogP contribution in [0.3, 0.4) is 0 Å². The second-order valence-corrected chi connectivity index (χ2v) is 9.30. The van der Waals surface area contributed by atoms with Gasteiger partial charge < -0.3 is 10.6 Å². The molecule has 4 unspecified atom stereocenters.